The van der Waals surface area contributed by atoms with E-state index in [0.29, 0.717) is 31.0 Å². The molecule has 5 heteroatoms. The lowest BCUT2D eigenvalue weighted by Crippen LogP contribution is -2.29. The van der Waals surface area contributed by atoms with Crippen LogP contribution in [0.15, 0.2) is 24.3 Å². The Balaban J connectivity index is 2.34. The van der Waals surface area contributed by atoms with Crippen LogP contribution in [0.1, 0.15) is 24.0 Å². The minimum atomic E-state index is -0.994. The van der Waals surface area contributed by atoms with Gasteiger partial charge in [-0.15, -0.1) is 0 Å². The van der Waals surface area contributed by atoms with Gasteiger partial charge >= 0.3 is 0 Å². The molecule has 1 rings (SSSR count). The molecule has 20 heavy (non-hydrogen) atoms. The topological polar surface area (TPSA) is 63.4 Å². The molecule has 0 saturated heterocycles. The summed E-state index contributed by atoms with van der Waals surface area (Å²) in [4.78, 5) is 13.5. The SMILES string of the molecule is Cc1cccc(CS(=O)CCC(=O)N(C)CCCN)c1. The highest BCUT2D eigenvalue weighted by Crippen LogP contribution is 2.07. The predicted molar refractivity (Wildman–Crippen MR) is 83.8 cm³/mol. The molecular formula is C15H24N2O2S. The summed E-state index contributed by atoms with van der Waals surface area (Å²) >= 11 is 0. The van der Waals surface area contributed by atoms with Crippen molar-refractivity contribution in [3.05, 3.63) is 35.4 Å². The van der Waals surface area contributed by atoms with Gasteiger partial charge < -0.3 is 10.6 Å². The van der Waals surface area contributed by atoms with Crippen LogP contribution in [0.4, 0.5) is 0 Å². The fourth-order valence-corrected chi connectivity index (χ4v) is 3.00. The van der Waals surface area contributed by atoms with E-state index in [1.165, 1.54) is 0 Å². The Morgan fingerprint density at radius 1 is 1.40 bits per heavy atom. The van der Waals surface area contributed by atoms with Gasteiger partial charge in [-0.1, -0.05) is 29.8 Å². The minimum absolute atomic E-state index is 0.0380. The maximum absolute atomic E-state index is 12.0. The van der Waals surface area contributed by atoms with E-state index in [-0.39, 0.29) is 5.91 Å². The average Bonchev–Trinajstić information content (AvgIpc) is 2.42. The molecule has 0 aliphatic heterocycles. The molecule has 0 heterocycles. The molecule has 112 valence electrons. The minimum Gasteiger partial charge on any atom is -0.346 e. The first-order valence-electron chi connectivity index (χ1n) is 6.87. The maximum atomic E-state index is 12.0. The van der Waals surface area contributed by atoms with Gasteiger partial charge in [-0.25, -0.2) is 0 Å². The number of rotatable bonds is 8. The molecule has 2 N–H and O–H groups in total. The van der Waals surface area contributed by atoms with E-state index in [1.54, 1.807) is 11.9 Å². The zero-order valence-electron chi connectivity index (χ0n) is 12.3. The van der Waals surface area contributed by atoms with E-state index in [0.717, 1.165) is 17.5 Å². The summed E-state index contributed by atoms with van der Waals surface area (Å²) in [5.41, 5.74) is 7.64. The largest absolute Gasteiger partial charge is 0.346 e. The first kappa shape index (κ1) is 16.9. The maximum Gasteiger partial charge on any atom is 0.223 e. The van der Waals surface area contributed by atoms with Gasteiger partial charge in [-0.05, 0) is 25.5 Å². The van der Waals surface area contributed by atoms with Crippen molar-refractivity contribution in [2.45, 2.75) is 25.5 Å². The zero-order valence-corrected chi connectivity index (χ0v) is 13.1. The van der Waals surface area contributed by atoms with Gasteiger partial charge in [0.05, 0.1) is 0 Å². The second-order valence-electron chi connectivity index (χ2n) is 4.98. The second-order valence-corrected chi connectivity index (χ2v) is 6.56. The van der Waals surface area contributed by atoms with Crippen LogP contribution < -0.4 is 5.73 Å². The molecule has 0 aromatic heterocycles. The van der Waals surface area contributed by atoms with Gasteiger partial charge in [0.2, 0.25) is 5.91 Å². The molecule has 1 atom stereocenters. The van der Waals surface area contributed by atoms with E-state index < -0.39 is 10.8 Å². The molecule has 4 nitrogen and oxygen atoms in total. The highest BCUT2D eigenvalue weighted by Gasteiger charge is 2.10. The van der Waals surface area contributed by atoms with Gasteiger partial charge in [0.25, 0.3) is 0 Å². The van der Waals surface area contributed by atoms with E-state index >= 15 is 0 Å². The van der Waals surface area contributed by atoms with Gasteiger partial charge in [-0.3, -0.25) is 9.00 Å². The number of aryl methyl sites for hydroxylation is 1. The Morgan fingerprint density at radius 3 is 2.80 bits per heavy atom. The third kappa shape index (κ3) is 6.30. The van der Waals surface area contributed by atoms with E-state index in [9.17, 15) is 9.00 Å². The molecule has 0 spiro atoms. The lowest BCUT2D eigenvalue weighted by atomic mass is 10.2. The molecule has 0 aliphatic rings. The number of carbonyl (C=O) groups is 1. The Hall–Kier alpha value is -1.20. The number of hydrogen-bond donors (Lipinski definition) is 1. The van der Waals surface area contributed by atoms with Crippen molar-refractivity contribution in [3.63, 3.8) is 0 Å². The summed E-state index contributed by atoms with van der Waals surface area (Å²) < 4.78 is 12.0. The van der Waals surface area contributed by atoms with Crippen LogP contribution in [0.2, 0.25) is 0 Å². The molecule has 1 amide bonds. The summed E-state index contributed by atoms with van der Waals surface area (Å²) in [6.07, 6.45) is 1.13. The highest BCUT2D eigenvalue weighted by atomic mass is 32.2. The monoisotopic (exact) mass is 296 g/mol. The number of benzene rings is 1. The van der Waals surface area contributed by atoms with Crippen LogP contribution >= 0.6 is 0 Å². The molecule has 1 unspecified atom stereocenters. The van der Waals surface area contributed by atoms with Crippen molar-refractivity contribution in [2.75, 3.05) is 25.9 Å². The summed E-state index contributed by atoms with van der Waals surface area (Å²) in [7, 11) is 0.771. The zero-order chi connectivity index (χ0) is 15.0. The molecule has 0 aliphatic carbocycles. The number of hydrogen-bond acceptors (Lipinski definition) is 3. The third-order valence-corrected chi connectivity index (χ3v) is 4.39. The molecule has 1 aromatic carbocycles. The van der Waals surface area contributed by atoms with E-state index in [4.69, 9.17) is 5.73 Å². The lowest BCUT2D eigenvalue weighted by molar-refractivity contribution is -0.129. The normalized spacial score (nSPS) is 12.2. The molecule has 0 bridgehead atoms. The van der Waals surface area contributed by atoms with Crippen LogP contribution in [0.3, 0.4) is 0 Å². The fourth-order valence-electron chi connectivity index (χ4n) is 1.91. The Bertz CT molecular complexity index is 463. The van der Waals surface area contributed by atoms with Gasteiger partial charge in [-0.2, -0.15) is 0 Å². The molecule has 0 saturated carbocycles. The first-order valence-corrected chi connectivity index (χ1v) is 8.36. The van der Waals surface area contributed by atoms with Crippen molar-refractivity contribution >= 4 is 16.7 Å². The van der Waals surface area contributed by atoms with E-state index in [1.807, 2.05) is 31.2 Å². The van der Waals surface area contributed by atoms with Crippen molar-refractivity contribution < 1.29 is 9.00 Å². The van der Waals surface area contributed by atoms with Crippen LogP contribution in [-0.4, -0.2) is 40.9 Å². The summed E-state index contributed by atoms with van der Waals surface area (Å²) in [6, 6.07) is 7.99. The number of carbonyl (C=O) groups excluding carboxylic acids is 1. The molecule has 0 fully saturated rings. The Labute approximate surface area is 123 Å². The standard InChI is InChI=1S/C15H24N2O2S/c1-13-5-3-6-14(11-13)12-20(19)10-7-15(18)17(2)9-4-8-16/h3,5-6,11H,4,7-10,12,16H2,1-2H3. The summed E-state index contributed by atoms with van der Waals surface area (Å²) in [5.74, 6) is 0.970. The summed E-state index contributed by atoms with van der Waals surface area (Å²) in [5, 5.41) is 0. The van der Waals surface area contributed by atoms with E-state index in [2.05, 4.69) is 0 Å². The van der Waals surface area contributed by atoms with Crippen LogP contribution in [0.5, 0.6) is 0 Å². The molecule has 0 radical (unpaired) electrons. The van der Waals surface area contributed by atoms with Crippen LogP contribution in [0, 0.1) is 6.92 Å². The van der Waals surface area contributed by atoms with Crippen molar-refractivity contribution in [1.29, 1.82) is 0 Å². The van der Waals surface area contributed by atoms with Crippen LogP contribution in [0.25, 0.3) is 0 Å². The highest BCUT2D eigenvalue weighted by molar-refractivity contribution is 7.84. The predicted octanol–water partition coefficient (Wildman–Crippen LogP) is 1.44. The number of nitrogens with two attached hydrogens (primary N) is 1. The molecular weight excluding hydrogens is 272 g/mol. The fraction of sp³-hybridized carbons (Fsp3) is 0.533. The first-order chi connectivity index (χ1) is 9.52. The Kier molecular flexibility index (Phi) is 7.47. The molecule has 1 aromatic rings. The number of amides is 1. The number of nitrogens with zero attached hydrogens (tertiary/aromatic N) is 1. The average molecular weight is 296 g/mol. The summed E-state index contributed by atoms with van der Waals surface area (Å²) in [6.45, 7) is 3.26. The van der Waals surface area contributed by atoms with Gasteiger partial charge in [0.15, 0.2) is 0 Å². The quantitative estimate of drug-likeness (QED) is 0.789. The van der Waals surface area contributed by atoms with Gasteiger partial charge in [0, 0.05) is 42.3 Å². The van der Waals surface area contributed by atoms with Crippen molar-refractivity contribution in [1.82, 2.24) is 4.90 Å². The Morgan fingerprint density at radius 2 is 2.15 bits per heavy atom. The second kappa shape index (κ2) is 8.87. The van der Waals surface area contributed by atoms with Gasteiger partial charge in [0.1, 0.15) is 0 Å². The van der Waals surface area contributed by atoms with Crippen molar-refractivity contribution in [3.8, 4) is 0 Å². The van der Waals surface area contributed by atoms with Crippen molar-refractivity contribution in [2.24, 2.45) is 5.73 Å². The van der Waals surface area contributed by atoms with Crippen LogP contribution in [-0.2, 0) is 21.3 Å². The smallest absolute Gasteiger partial charge is 0.223 e. The lowest BCUT2D eigenvalue weighted by Gasteiger charge is -2.16. The third-order valence-electron chi connectivity index (χ3n) is 3.08.